The molecule has 92 valence electrons. The number of rotatable bonds is 2. The van der Waals surface area contributed by atoms with E-state index in [-0.39, 0.29) is 0 Å². The van der Waals surface area contributed by atoms with Crippen molar-refractivity contribution in [2.24, 2.45) is 0 Å². The van der Waals surface area contributed by atoms with E-state index in [1.807, 2.05) is 0 Å². The van der Waals surface area contributed by atoms with Crippen molar-refractivity contribution in [3.8, 4) is 0 Å². The molecule has 1 aromatic rings. The molecular formula is C15H21NO. The van der Waals surface area contributed by atoms with Gasteiger partial charge in [0, 0.05) is 0 Å². The molecule has 2 nitrogen and oxygen atoms in total. The molecule has 17 heavy (non-hydrogen) atoms. The SMILES string of the molecule is CN1CCC(c2cccc(C3(O)CC3)c2)CC1. The number of piperidine rings is 1. The highest BCUT2D eigenvalue weighted by molar-refractivity contribution is 5.33. The summed E-state index contributed by atoms with van der Waals surface area (Å²) in [6, 6.07) is 8.65. The molecule has 3 rings (SSSR count). The quantitative estimate of drug-likeness (QED) is 0.845. The standard InChI is InChI=1S/C15H21NO/c1-16-9-5-12(6-10-16)13-3-2-4-14(11-13)15(17)7-8-15/h2-4,11-12,17H,5-10H2,1H3. The second-order valence-corrected chi connectivity index (χ2v) is 5.73. The van der Waals surface area contributed by atoms with Crippen molar-refractivity contribution < 1.29 is 5.11 Å². The third kappa shape index (κ3) is 2.24. The van der Waals surface area contributed by atoms with E-state index < -0.39 is 5.60 Å². The zero-order chi connectivity index (χ0) is 11.9. The van der Waals surface area contributed by atoms with Gasteiger partial charge < -0.3 is 10.0 Å². The van der Waals surface area contributed by atoms with Crippen LogP contribution in [0.15, 0.2) is 24.3 Å². The lowest BCUT2D eigenvalue weighted by Gasteiger charge is -2.29. The minimum Gasteiger partial charge on any atom is -0.385 e. The topological polar surface area (TPSA) is 23.5 Å². The lowest BCUT2D eigenvalue weighted by Crippen LogP contribution is -2.29. The van der Waals surface area contributed by atoms with Gasteiger partial charge in [-0.05, 0) is 62.9 Å². The first-order valence-electron chi connectivity index (χ1n) is 6.69. The summed E-state index contributed by atoms with van der Waals surface area (Å²) in [4.78, 5) is 2.40. The van der Waals surface area contributed by atoms with Crippen molar-refractivity contribution in [1.82, 2.24) is 4.90 Å². The summed E-state index contributed by atoms with van der Waals surface area (Å²) >= 11 is 0. The molecule has 2 heteroatoms. The molecule has 1 aromatic carbocycles. The molecule has 1 aliphatic carbocycles. The summed E-state index contributed by atoms with van der Waals surface area (Å²) < 4.78 is 0. The number of likely N-dealkylation sites (tertiary alicyclic amines) is 1. The van der Waals surface area contributed by atoms with Crippen LogP contribution >= 0.6 is 0 Å². The maximum Gasteiger partial charge on any atom is 0.0899 e. The van der Waals surface area contributed by atoms with Gasteiger partial charge in [-0.3, -0.25) is 0 Å². The Kier molecular flexibility index (Phi) is 2.72. The maximum absolute atomic E-state index is 10.2. The average Bonchev–Trinajstić information content (AvgIpc) is 3.10. The molecule has 1 saturated heterocycles. The fraction of sp³-hybridized carbons (Fsp3) is 0.600. The van der Waals surface area contributed by atoms with Gasteiger partial charge in [0.15, 0.2) is 0 Å². The molecule has 1 saturated carbocycles. The third-order valence-corrected chi connectivity index (χ3v) is 4.34. The Bertz CT molecular complexity index is 403. The highest BCUT2D eigenvalue weighted by Crippen LogP contribution is 2.46. The van der Waals surface area contributed by atoms with Crippen molar-refractivity contribution >= 4 is 0 Å². The number of aliphatic hydroxyl groups is 1. The van der Waals surface area contributed by atoms with Crippen molar-refractivity contribution in [3.05, 3.63) is 35.4 Å². The van der Waals surface area contributed by atoms with Gasteiger partial charge in [0.2, 0.25) is 0 Å². The molecule has 1 heterocycles. The van der Waals surface area contributed by atoms with Crippen LogP contribution in [-0.4, -0.2) is 30.1 Å². The molecular weight excluding hydrogens is 210 g/mol. The Morgan fingerprint density at radius 1 is 1.24 bits per heavy atom. The third-order valence-electron chi connectivity index (χ3n) is 4.34. The molecule has 0 unspecified atom stereocenters. The van der Waals surface area contributed by atoms with Crippen LogP contribution in [0.3, 0.4) is 0 Å². The Labute approximate surface area is 103 Å². The van der Waals surface area contributed by atoms with Gasteiger partial charge in [-0.15, -0.1) is 0 Å². The van der Waals surface area contributed by atoms with Crippen molar-refractivity contribution in [1.29, 1.82) is 0 Å². The fourth-order valence-electron chi connectivity index (χ4n) is 2.83. The molecule has 2 fully saturated rings. The van der Waals surface area contributed by atoms with E-state index in [0.29, 0.717) is 5.92 Å². The molecule has 1 aliphatic heterocycles. The van der Waals surface area contributed by atoms with Crippen LogP contribution in [0.4, 0.5) is 0 Å². The molecule has 1 N–H and O–H groups in total. The van der Waals surface area contributed by atoms with Crippen LogP contribution in [0.1, 0.15) is 42.7 Å². The van der Waals surface area contributed by atoms with Crippen molar-refractivity contribution in [2.75, 3.05) is 20.1 Å². The first kappa shape index (κ1) is 11.2. The van der Waals surface area contributed by atoms with E-state index in [9.17, 15) is 5.11 Å². The van der Waals surface area contributed by atoms with E-state index in [1.165, 1.54) is 31.5 Å². The Morgan fingerprint density at radius 3 is 2.59 bits per heavy atom. The summed E-state index contributed by atoms with van der Waals surface area (Å²) in [6.07, 6.45) is 4.37. The highest BCUT2D eigenvalue weighted by Gasteiger charge is 2.42. The van der Waals surface area contributed by atoms with Crippen LogP contribution in [0.5, 0.6) is 0 Å². The maximum atomic E-state index is 10.2. The lowest BCUT2D eigenvalue weighted by atomic mass is 9.88. The monoisotopic (exact) mass is 231 g/mol. The normalized spacial score (nSPS) is 24.8. The molecule has 2 aliphatic rings. The van der Waals surface area contributed by atoms with Gasteiger partial charge >= 0.3 is 0 Å². The van der Waals surface area contributed by atoms with E-state index in [2.05, 4.69) is 36.2 Å². The number of nitrogens with zero attached hydrogens (tertiary/aromatic N) is 1. The summed E-state index contributed by atoms with van der Waals surface area (Å²) in [5, 5.41) is 10.2. The Balaban J connectivity index is 1.79. The second kappa shape index (κ2) is 4.11. The summed E-state index contributed by atoms with van der Waals surface area (Å²) in [5.41, 5.74) is 2.08. The fourth-order valence-corrected chi connectivity index (χ4v) is 2.83. The molecule has 0 atom stereocenters. The van der Waals surface area contributed by atoms with E-state index in [0.717, 1.165) is 18.4 Å². The predicted octanol–water partition coefficient (Wildman–Crippen LogP) is 2.48. The lowest BCUT2D eigenvalue weighted by molar-refractivity contribution is 0.151. The smallest absolute Gasteiger partial charge is 0.0899 e. The van der Waals surface area contributed by atoms with Crippen LogP contribution in [0.2, 0.25) is 0 Å². The number of hydrogen-bond acceptors (Lipinski definition) is 2. The largest absolute Gasteiger partial charge is 0.385 e. The molecule has 0 spiro atoms. The van der Waals surface area contributed by atoms with E-state index in [1.54, 1.807) is 0 Å². The van der Waals surface area contributed by atoms with Crippen LogP contribution in [0.25, 0.3) is 0 Å². The van der Waals surface area contributed by atoms with Gasteiger partial charge in [0.05, 0.1) is 5.60 Å². The van der Waals surface area contributed by atoms with Gasteiger partial charge in [-0.25, -0.2) is 0 Å². The summed E-state index contributed by atoms with van der Waals surface area (Å²) in [7, 11) is 2.19. The minimum absolute atomic E-state index is 0.485. The Hall–Kier alpha value is -0.860. The predicted molar refractivity (Wildman–Crippen MR) is 69.0 cm³/mol. The molecule has 0 amide bonds. The van der Waals surface area contributed by atoms with Gasteiger partial charge in [-0.2, -0.15) is 0 Å². The Morgan fingerprint density at radius 2 is 1.94 bits per heavy atom. The zero-order valence-electron chi connectivity index (χ0n) is 10.5. The van der Waals surface area contributed by atoms with Crippen molar-refractivity contribution in [2.45, 2.75) is 37.2 Å². The average molecular weight is 231 g/mol. The van der Waals surface area contributed by atoms with Gasteiger partial charge in [0.1, 0.15) is 0 Å². The minimum atomic E-state index is -0.485. The molecule has 0 bridgehead atoms. The van der Waals surface area contributed by atoms with E-state index in [4.69, 9.17) is 0 Å². The van der Waals surface area contributed by atoms with E-state index >= 15 is 0 Å². The summed E-state index contributed by atoms with van der Waals surface area (Å²) in [5.74, 6) is 0.688. The molecule has 0 aromatic heterocycles. The van der Waals surface area contributed by atoms with Crippen LogP contribution in [0, 0.1) is 0 Å². The zero-order valence-corrected chi connectivity index (χ0v) is 10.5. The first-order chi connectivity index (χ1) is 8.17. The second-order valence-electron chi connectivity index (χ2n) is 5.73. The highest BCUT2D eigenvalue weighted by atomic mass is 16.3. The van der Waals surface area contributed by atoms with Gasteiger partial charge in [0.25, 0.3) is 0 Å². The van der Waals surface area contributed by atoms with Crippen LogP contribution in [-0.2, 0) is 5.60 Å². The number of benzene rings is 1. The summed E-state index contributed by atoms with van der Waals surface area (Å²) in [6.45, 7) is 2.39. The van der Waals surface area contributed by atoms with Crippen LogP contribution < -0.4 is 0 Å². The van der Waals surface area contributed by atoms with Gasteiger partial charge in [-0.1, -0.05) is 24.3 Å². The number of hydrogen-bond donors (Lipinski definition) is 1. The first-order valence-corrected chi connectivity index (χ1v) is 6.69. The van der Waals surface area contributed by atoms with Crippen molar-refractivity contribution in [3.63, 3.8) is 0 Å². The molecule has 0 radical (unpaired) electrons.